The average Bonchev–Trinajstić information content (AvgIpc) is 3.92. The normalized spacial score (nSPS) is 13.8. The van der Waals surface area contributed by atoms with Gasteiger partial charge in [0.15, 0.2) is 0 Å². The van der Waals surface area contributed by atoms with E-state index in [0.717, 1.165) is 34.0 Å². The Kier molecular flexibility index (Phi) is 12.8. The van der Waals surface area contributed by atoms with E-state index in [1.807, 2.05) is 6.20 Å². The van der Waals surface area contributed by atoms with Crippen LogP contribution in [0.1, 0.15) is 157 Å². The molecule has 0 aliphatic carbocycles. The lowest BCUT2D eigenvalue weighted by Crippen LogP contribution is -2.25. The maximum atomic E-state index is 7.29. The van der Waals surface area contributed by atoms with Crippen LogP contribution in [0.2, 0.25) is 0 Å². The van der Waals surface area contributed by atoms with Gasteiger partial charge in [-0.3, -0.25) is 4.57 Å². The number of pyridine rings is 1. The molecular formula is C71H80N4O. The molecule has 9 aromatic rings. The minimum absolute atomic E-state index is 0.00996. The Labute approximate surface area is 454 Å². The van der Waals surface area contributed by atoms with Crippen molar-refractivity contribution in [3.05, 3.63) is 203 Å². The molecule has 0 N–H and O–H groups in total. The molecule has 0 saturated heterocycles. The minimum Gasteiger partial charge on any atom is -0.457 e. The molecule has 76 heavy (non-hydrogen) atoms. The summed E-state index contributed by atoms with van der Waals surface area (Å²) in [5.41, 5.74) is 17.5. The zero-order valence-corrected chi connectivity index (χ0v) is 48.5. The van der Waals surface area contributed by atoms with Crippen molar-refractivity contribution in [2.24, 2.45) is 0 Å². The second-order valence-electron chi connectivity index (χ2n) is 27.2. The second-order valence-corrected chi connectivity index (χ2v) is 27.2. The van der Waals surface area contributed by atoms with Crippen LogP contribution in [0, 0.1) is 0 Å². The number of rotatable bonds is 8. The van der Waals surface area contributed by atoms with E-state index in [1.54, 1.807) is 0 Å². The molecule has 10 rings (SSSR count). The van der Waals surface area contributed by atoms with Crippen LogP contribution in [0.5, 0.6) is 11.5 Å². The third kappa shape index (κ3) is 9.94. The van der Waals surface area contributed by atoms with Crippen LogP contribution >= 0.6 is 0 Å². The fraction of sp³-hybridized carbons (Fsp3) is 0.338. The van der Waals surface area contributed by atoms with Crippen LogP contribution in [-0.4, -0.2) is 16.2 Å². The number of anilines is 4. The molecule has 1 aliphatic rings. The molecule has 2 aromatic heterocycles. The molecule has 5 nitrogen and oxygen atoms in total. The standard InChI is InChI=1S/C71H80N4O/c1-66(2,3)49-28-31-61-58(39-49)57-30-29-55(42-62(57)75(61)65-40-50(32-33-72-65)67(4,5)6)76-56-38-52(71(16,17)48-26-22-19-23-27-48)37-54(41-56)74-45-73(63-43-59(69(10,11)12)60(44-64(63)74)70(13,14)15)53-35-47(46-24-20-18-21-25-46)34-51(36-53)68(7,8)9/h18-44H,45H2,1-17H3. The summed E-state index contributed by atoms with van der Waals surface area (Å²) in [5.74, 6) is 2.44. The topological polar surface area (TPSA) is 33.5 Å². The van der Waals surface area contributed by atoms with Gasteiger partial charge in [-0.2, -0.15) is 0 Å². The summed E-state index contributed by atoms with van der Waals surface area (Å²) in [5, 5.41) is 2.37. The second kappa shape index (κ2) is 18.6. The Morgan fingerprint density at radius 2 is 0.947 bits per heavy atom. The number of aromatic nitrogens is 2. The molecule has 0 fully saturated rings. The van der Waals surface area contributed by atoms with Gasteiger partial charge in [-0.25, -0.2) is 4.98 Å². The van der Waals surface area contributed by atoms with Gasteiger partial charge in [0.1, 0.15) is 24.0 Å². The van der Waals surface area contributed by atoms with Crippen molar-refractivity contribution < 1.29 is 4.74 Å². The fourth-order valence-corrected chi connectivity index (χ4v) is 11.1. The van der Waals surface area contributed by atoms with Crippen LogP contribution in [0.3, 0.4) is 0 Å². The van der Waals surface area contributed by atoms with Gasteiger partial charge in [0.05, 0.1) is 22.4 Å². The van der Waals surface area contributed by atoms with Crippen LogP contribution in [0.4, 0.5) is 22.7 Å². The SMILES string of the molecule is CC(C)(C)c1cc(-c2ccccc2)cc(N2CN(c3cc(Oc4ccc5c6cc(C(C)(C)C)ccc6n(-c6cc(C(C)(C)C)ccn6)c5c4)cc(C(C)(C)c4ccccc4)c3)c3cc(C(C)(C)C)c(C(C)(C)C)cc32)c1. The van der Waals surface area contributed by atoms with E-state index in [-0.39, 0.29) is 32.5 Å². The molecular weight excluding hydrogens is 925 g/mol. The van der Waals surface area contributed by atoms with Gasteiger partial charge in [-0.1, -0.05) is 190 Å². The summed E-state index contributed by atoms with van der Waals surface area (Å²) in [6.07, 6.45) is 1.95. The van der Waals surface area contributed by atoms with Crippen molar-refractivity contribution in [1.29, 1.82) is 0 Å². The van der Waals surface area contributed by atoms with Crippen molar-refractivity contribution in [2.75, 3.05) is 16.5 Å². The molecule has 0 amide bonds. The maximum absolute atomic E-state index is 7.29. The van der Waals surface area contributed by atoms with Crippen molar-refractivity contribution >= 4 is 44.6 Å². The van der Waals surface area contributed by atoms with Crippen LogP contribution in [0.25, 0.3) is 38.8 Å². The first-order valence-corrected chi connectivity index (χ1v) is 27.5. The molecule has 0 spiro atoms. The number of hydrogen-bond donors (Lipinski definition) is 0. The summed E-state index contributed by atoms with van der Waals surface area (Å²) in [6.45, 7) is 40.0. The van der Waals surface area contributed by atoms with Gasteiger partial charge in [0.2, 0.25) is 0 Å². The van der Waals surface area contributed by atoms with Crippen LogP contribution in [0.15, 0.2) is 164 Å². The third-order valence-corrected chi connectivity index (χ3v) is 15.9. The zero-order chi connectivity index (χ0) is 54.5. The molecule has 0 radical (unpaired) electrons. The molecule has 5 heteroatoms. The van der Waals surface area contributed by atoms with Crippen molar-refractivity contribution in [3.8, 4) is 28.4 Å². The number of ether oxygens (including phenoxy) is 1. The highest BCUT2D eigenvalue weighted by Gasteiger charge is 2.36. The number of benzene rings is 7. The Bertz CT molecular complexity index is 3640. The van der Waals surface area contributed by atoms with Gasteiger partial charge in [-0.15, -0.1) is 0 Å². The van der Waals surface area contributed by atoms with Crippen LogP contribution in [-0.2, 0) is 32.5 Å². The van der Waals surface area contributed by atoms with E-state index in [1.165, 1.54) is 77.9 Å². The van der Waals surface area contributed by atoms with Gasteiger partial charge >= 0.3 is 0 Å². The fourth-order valence-electron chi connectivity index (χ4n) is 11.1. The van der Waals surface area contributed by atoms with Crippen molar-refractivity contribution in [3.63, 3.8) is 0 Å². The molecule has 0 bridgehead atoms. The molecule has 0 atom stereocenters. The monoisotopic (exact) mass is 1000 g/mol. The lowest BCUT2D eigenvalue weighted by atomic mass is 9.74. The van der Waals surface area contributed by atoms with E-state index in [2.05, 4.69) is 290 Å². The summed E-state index contributed by atoms with van der Waals surface area (Å²) in [7, 11) is 0. The number of fused-ring (bicyclic) bond motifs is 4. The summed E-state index contributed by atoms with van der Waals surface area (Å²) < 4.78 is 9.61. The predicted molar refractivity (Wildman–Crippen MR) is 325 cm³/mol. The number of hydrogen-bond acceptors (Lipinski definition) is 4. The molecule has 7 aromatic carbocycles. The van der Waals surface area contributed by atoms with Gasteiger partial charge < -0.3 is 14.5 Å². The van der Waals surface area contributed by atoms with E-state index < -0.39 is 0 Å². The Morgan fingerprint density at radius 3 is 1.54 bits per heavy atom. The molecule has 1 aliphatic heterocycles. The van der Waals surface area contributed by atoms with Crippen molar-refractivity contribution in [2.45, 2.75) is 150 Å². The van der Waals surface area contributed by atoms with E-state index in [4.69, 9.17) is 9.72 Å². The summed E-state index contributed by atoms with van der Waals surface area (Å²) in [6, 6.07) is 58.8. The Balaban J connectivity index is 1.18. The molecule has 0 unspecified atom stereocenters. The summed E-state index contributed by atoms with van der Waals surface area (Å²) in [4.78, 5) is 10.1. The van der Waals surface area contributed by atoms with Gasteiger partial charge in [0, 0.05) is 45.9 Å². The lowest BCUT2D eigenvalue weighted by molar-refractivity contribution is 0.480. The first-order valence-electron chi connectivity index (χ1n) is 27.5. The molecule has 3 heterocycles. The van der Waals surface area contributed by atoms with Gasteiger partial charge in [0.25, 0.3) is 0 Å². The van der Waals surface area contributed by atoms with E-state index in [9.17, 15) is 0 Å². The Hall–Kier alpha value is -7.11. The highest BCUT2D eigenvalue weighted by atomic mass is 16.5. The summed E-state index contributed by atoms with van der Waals surface area (Å²) >= 11 is 0. The van der Waals surface area contributed by atoms with Gasteiger partial charge in [-0.05, 0) is 150 Å². The first kappa shape index (κ1) is 52.3. The molecule has 0 saturated carbocycles. The average molecular weight is 1010 g/mol. The quantitative estimate of drug-likeness (QED) is 0.152. The highest BCUT2D eigenvalue weighted by molar-refractivity contribution is 6.10. The Morgan fingerprint density at radius 1 is 0.382 bits per heavy atom. The van der Waals surface area contributed by atoms with Crippen molar-refractivity contribution in [1.82, 2.24) is 9.55 Å². The maximum Gasteiger partial charge on any atom is 0.137 e. The lowest BCUT2D eigenvalue weighted by Gasteiger charge is -2.32. The predicted octanol–water partition coefficient (Wildman–Crippen LogP) is 19.7. The van der Waals surface area contributed by atoms with E-state index >= 15 is 0 Å². The van der Waals surface area contributed by atoms with Crippen LogP contribution < -0.4 is 14.5 Å². The zero-order valence-electron chi connectivity index (χ0n) is 48.5. The largest absolute Gasteiger partial charge is 0.457 e. The smallest absolute Gasteiger partial charge is 0.137 e. The highest BCUT2D eigenvalue weighted by Crippen LogP contribution is 2.52. The first-order chi connectivity index (χ1) is 35.6. The van der Waals surface area contributed by atoms with E-state index in [0.29, 0.717) is 6.67 Å². The third-order valence-electron chi connectivity index (χ3n) is 15.9. The number of nitrogens with zero attached hydrogens (tertiary/aromatic N) is 4. The molecule has 390 valence electrons. The minimum atomic E-state index is -0.360.